The van der Waals surface area contributed by atoms with Crippen molar-refractivity contribution in [3.8, 4) is 11.5 Å². The quantitative estimate of drug-likeness (QED) is 0.303. The van der Waals surface area contributed by atoms with Gasteiger partial charge >= 0.3 is 0 Å². The summed E-state index contributed by atoms with van der Waals surface area (Å²) in [6, 6.07) is 13.4. The summed E-state index contributed by atoms with van der Waals surface area (Å²) in [7, 11) is 0. The van der Waals surface area contributed by atoms with Gasteiger partial charge in [0.15, 0.2) is 0 Å². The Morgan fingerprint density at radius 2 is 1.30 bits per heavy atom. The minimum Gasteiger partial charge on any atom is -0.494 e. The number of amides is 2. The monoisotopic (exact) mass is 410 g/mol. The molecule has 0 aromatic heterocycles. The number of nitrogens with one attached hydrogen (secondary N) is 2. The number of hydrazine groups is 1. The van der Waals surface area contributed by atoms with Crippen LogP contribution in [0.15, 0.2) is 61.2 Å². The van der Waals surface area contributed by atoms with Crippen LogP contribution in [0.2, 0.25) is 0 Å². The molecule has 0 spiro atoms. The molecule has 2 rings (SSSR count). The van der Waals surface area contributed by atoms with E-state index in [9.17, 15) is 9.59 Å². The summed E-state index contributed by atoms with van der Waals surface area (Å²) in [6.45, 7) is 6.84. The lowest BCUT2D eigenvalue weighted by Gasteiger charge is -2.09. The minimum absolute atomic E-state index is 0.393. The van der Waals surface area contributed by atoms with Crippen molar-refractivity contribution < 1.29 is 19.1 Å². The van der Waals surface area contributed by atoms with Crippen molar-refractivity contribution in [2.75, 3.05) is 13.2 Å². The van der Waals surface area contributed by atoms with Crippen molar-refractivity contribution in [3.05, 3.63) is 72.3 Å². The number of hydrogen-bond acceptors (Lipinski definition) is 4. The molecule has 0 aliphatic carbocycles. The number of unbranched alkanes of at least 4 members (excludes halogenated alkanes) is 4. The van der Waals surface area contributed by atoms with Gasteiger partial charge in [0.05, 0.1) is 6.61 Å². The summed E-state index contributed by atoms with van der Waals surface area (Å²) in [5, 5.41) is 0. The average molecular weight is 411 g/mol. The van der Waals surface area contributed by atoms with Crippen molar-refractivity contribution in [3.63, 3.8) is 0 Å². The van der Waals surface area contributed by atoms with Crippen LogP contribution in [0.3, 0.4) is 0 Å². The van der Waals surface area contributed by atoms with E-state index in [1.165, 1.54) is 25.7 Å². The lowest BCUT2D eigenvalue weighted by molar-refractivity contribution is 0.0846. The number of rotatable bonds is 12. The van der Waals surface area contributed by atoms with Crippen LogP contribution < -0.4 is 20.3 Å². The van der Waals surface area contributed by atoms with Crippen LogP contribution >= 0.6 is 0 Å². The summed E-state index contributed by atoms with van der Waals surface area (Å²) in [5.74, 6) is 0.547. The standard InChI is InChI=1S/C24H30N2O4/c1-3-5-6-7-8-18-30-22-15-11-20(12-16-22)24(28)26-25-23(27)19-9-13-21(14-10-19)29-17-4-2/h4,9-16H,2-3,5-8,17-18H2,1H3,(H,25,27)(H,26,28). The van der Waals surface area contributed by atoms with Gasteiger partial charge in [-0.1, -0.05) is 45.3 Å². The highest BCUT2D eigenvalue weighted by Crippen LogP contribution is 2.14. The Hall–Kier alpha value is -3.28. The maximum absolute atomic E-state index is 12.2. The minimum atomic E-state index is -0.415. The SMILES string of the molecule is C=CCOc1ccc(C(=O)NNC(=O)c2ccc(OCCCCCCC)cc2)cc1. The Morgan fingerprint density at radius 3 is 1.80 bits per heavy atom. The Labute approximate surface area is 178 Å². The van der Waals surface area contributed by atoms with Crippen molar-refractivity contribution in [1.82, 2.24) is 10.9 Å². The third kappa shape index (κ3) is 7.99. The van der Waals surface area contributed by atoms with E-state index >= 15 is 0 Å². The molecule has 0 heterocycles. The van der Waals surface area contributed by atoms with Crippen LogP contribution in [0.4, 0.5) is 0 Å². The highest BCUT2D eigenvalue weighted by atomic mass is 16.5. The molecule has 0 saturated heterocycles. The van der Waals surface area contributed by atoms with Crippen LogP contribution in [0.25, 0.3) is 0 Å². The van der Waals surface area contributed by atoms with E-state index in [0.29, 0.717) is 30.1 Å². The van der Waals surface area contributed by atoms with Crippen LogP contribution in [0, 0.1) is 0 Å². The first-order chi connectivity index (χ1) is 14.6. The van der Waals surface area contributed by atoms with Gasteiger partial charge in [-0.05, 0) is 55.0 Å². The Balaban J connectivity index is 1.74. The topological polar surface area (TPSA) is 76.7 Å². The molecule has 2 aromatic rings. The number of carbonyl (C=O) groups excluding carboxylic acids is 2. The molecule has 0 atom stereocenters. The number of ether oxygens (including phenoxy) is 2. The second kappa shape index (κ2) is 13.0. The van der Waals surface area contributed by atoms with Crippen molar-refractivity contribution >= 4 is 11.8 Å². The van der Waals surface area contributed by atoms with Crippen LogP contribution in [0.1, 0.15) is 59.7 Å². The van der Waals surface area contributed by atoms with Crippen LogP contribution in [-0.2, 0) is 0 Å². The fourth-order valence-electron chi connectivity index (χ4n) is 2.71. The fraction of sp³-hybridized carbons (Fsp3) is 0.333. The molecule has 2 N–H and O–H groups in total. The fourth-order valence-corrected chi connectivity index (χ4v) is 2.71. The Kier molecular flexibility index (Phi) is 10.00. The summed E-state index contributed by atoms with van der Waals surface area (Å²) >= 11 is 0. The molecular weight excluding hydrogens is 380 g/mol. The van der Waals surface area contributed by atoms with E-state index in [1.54, 1.807) is 54.6 Å². The summed E-state index contributed by atoms with van der Waals surface area (Å²) in [4.78, 5) is 24.4. The molecule has 0 unspecified atom stereocenters. The Morgan fingerprint density at radius 1 is 0.800 bits per heavy atom. The van der Waals surface area contributed by atoms with Crippen molar-refractivity contribution in [2.45, 2.75) is 39.0 Å². The zero-order chi connectivity index (χ0) is 21.6. The Bertz CT molecular complexity index is 801. The van der Waals surface area contributed by atoms with Gasteiger partial charge in [-0.2, -0.15) is 0 Å². The van der Waals surface area contributed by atoms with E-state index < -0.39 is 11.8 Å². The molecule has 6 heteroatoms. The van der Waals surface area contributed by atoms with Gasteiger partial charge in [-0.3, -0.25) is 20.4 Å². The van der Waals surface area contributed by atoms with Gasteiger partial charge in [0.2, 0.25) is 0 Å². The molecule has 0 radical (unpaired) electrons. The van der Waals surface area contributed by atoms with Gasteiger partial charge < -0.3 is 9.47 Å². The van der Waals surface area contributed by atoms with Gasteiger partial charge in [-0.15, -0.1) is 0 Å². The van der Waals surface area contributed by atoms with E-state index in [1.807, 2.05) is 0 Å². The first-order valence-electron chi connectivity index (χ1n) is 10.3. The summed E-state index contributed by atoms with van der Waals surface area (Å²) in [5.41, 5.74) is 5.66. The maximum atomic E-state index is 12.2. The number of hydrogen-bond donors (Lipinski definition) is 2. The molecule has 6 nitrogen and oxygen atoms in total. The predicted octanol–water partition coefficient (Wildman–Crippen LogP) is 4.68. The first kappa shape index (κ1) is 23.0. The summed E-state index contributed by atoms with van der Waals surface area (Å²) in [6.07, 6.45) is 7.55. The van der Waals surface area contributed by atoms with E-state index in [0.717, 1.165) is 12.2 Å². The second-order valence-electron chi connectivity index (χ2n) is 6.82. The average Bonchev–Trinajstić information content (AvgIpc) is 2.79. The zero-order valence-corrected chi connectivity index (χ0v) is 17.5. The lowest BCUT2D eigenvalue weighted by atomic mass is 10.2. The highest BCUT2D eigenvalue weighted by Gasteiger charge is 2.09. The van der Waals surface area contributed by atoms with Gasteiger partial charge in [-0.25, -0.2) is 0 Å². The van der Waals surface area contributed by atoms with E-state index in [-0.39, 0.29) is 0 Å². The molecule has 0 aliphatic rings. The van der Waals surface area contributed by atoms with Crippen molar-refractivity contribution in [1.29, 1.82) is 0 Å². The molecule has 0 fully saturated rings. The zero-order valence-electron chi connectivity index (χ0n) is 17.5. The van der Waals surface area contributed by atoms with Gasteiger partial charge in [0.1, 0.15) is 18.1 Å². The van der Waals surface area contributed by atoms with Crippen molar-refractivity contribution in [2.24, 2.45) is 0 Å². The highest BCUT2D eigenvalue weighted by molar-refractivity contribution is 5.99. The number of benzene rings is 2. The molecule has 0 bridgehead atoms. The van der Waals surface area contributed by atoms with Gasteiger partial charge in [0.25, 0.3) is 11.8 Å². The smallest absolute Gasteiger partial charge is 0.269 e. The van der Waals surface area contributed by atoms with Crippen LogP contribution in [0.5, 0.6) is 11.5 Å². The predicted molar refractivity (Wildman–Crippen MR) is 118 cm³/mol. The molecule has 0 saturated carbocycles. The number of carbonyl (C=O) groups is 2. The second-order valence-corrected chi connectivity index (χ2v) is 6.82. The van der Waals surface area contributed by atoms with Crippen LogP contribution in [-0.4, -0.2) is 25.0 Å². The molecule has 30 heavy (non-hydrogen) atoms. The summed E-state index contributed by atoms with van der Waals surface area (Å²) < 4.78 is 11.1. The van der Waals surface area contributed by atoms with E-state index in [2.05, 4.69) is 24.4 Å². The molecule has 160 valence electrons. The maximum Gasteiger partial charge on any atom is 0.269 e. The third-order valence-corrected chi connectivity index (χ3v) is 4.41. The molecule has 2 aromatic carbocycles. The largest absolute Gasteiger partial charge is 0.494 e. The third-order valence-electron chi connectivity index (χ3n) is 4.41. The molecule has 0 aliphatic heterocycles. The van der Waals surface area contributed by atoms with Gasteiger partial charge in [0, 0.05) is 11.1 Å². The normalized spacial score (nSPS) is 10.2. The molecular formula is C24H30N2O4. The molecule has 2 amide bonds. The van der Waals surface area contributed by atoms with E-state index in [4.69, 9.17) is 9.47 Å². The lowest BCUT2D eigenvalue weighted by Crippen LogP contribution is -2.41. The first-order valence-corrected chi connectivity index (χ1v) is 10.3.